The lowest BCUT2D eigenvalue weighted by Crippen LogP contribution is -2.44. The van der Waals surface area contributed by atoms with E-state index in [1.807, 2.05) is 38.1 Å². The molecule has 0 bridgehead atoms. The number of para-hydroxylation sites is 1. The second kappa shape index (κ2) is 6.22. The third kappa shape index (κ3) is 3.05. The monoisotopic (exact) mass is 263 g/mol. The quantitative estimate of drug-likeness (QED) is 0.330. The lowest BCUT2D eigenvalue weighted by atomic mass is 9.85. The molecule has 0 aliphatic heterocycles. The lowest BCUT2D eigenvalue weighted by molar-refractivity contribution is -0.121. The third-order valence-corrected chi connectivity index (χ3v) is 3.53. The van der Waals surface area contributed by atoms with Crippen LogP contribution in [0.2, 0.25) is 0 Å². The van der Waals surface area contributed by atoms with Gasteiger partial charge in [-0.3, -0.25) is 4.79 Å². The van der Waals surface area contributed by atoms with Crippen LogP contribution in [0.5, 0.6) is 0 Å². The number of anilines is 1. The van der Waals surface area contributed by atoms with E-state index < -0.39 is 5.41 Å². The van der Waals surface area contributed by atoms with Crippen molar-refractivity contribution in [3.63, 3.8) is 0 Å². The van der Waals surface area contributed by atoms with Gasteiger partial charge in [0.25, 0.3) is 0 Å². The molecule has 0 saturated heterocycles. The summed E-state index contributed by atoms with van der Waals surface area (Å²) in [4.78, 5) is 12.4. The molecule has 19 heavy (non-hydrogen) atoms. The van der Waals surface area contributed by atoms with E-state index in [-0.39, 0.29) is 11.7 Å². The highest BCUT2D eigenvalue weighted by atomic mass is 16.4. The standard InChI is InChI=1S/C14H21N3O2/c1-4-10-8-6-7-9-11(10)16-13(18)14(3,5-2)12(15)17-19/h6-9,19H,4-5H2,1-3H3,(H2,15,17)(H,16,18). The van der Waals surface area contributed by atoms with E-state index in [4.69, 9.17) is 10.9 Å². The van der Waals surface area contributed by atoms with E-state index >= 15 is 0 Å². The molecule has 0 spiro atoms. The predicted octanol–water partition coefficient (Wildman–Crippen LogP) is 2.35. The molecule has 104 valence electrons. The zero-order chi connectivity index (χ0) is 14.5. The first-order chi connectivity index (χ1) is 8.99. The third-order valence-electron chi connectivity index (χ3n) is 3.53. The van der Waals surface area contributed by atoms with Crippen molar-refractivity contribution in [2.24, 2.45) is 16.3 Å². The summed E-state index contributed by atoms with van der Waals surface area (Å²) in [6, 6.07) is 7.60. The van der Waals surface area contributed by atoms with Crippen LogP contribution in [0.1, 0.15) is 32.8 Å². The van der Waals surface area contributed by atoms with E-state index in [1.54, 1.807) is 6.92 Å². The van der Waals surface area contributed by atoms with Gasteiger partial charge in [-0.05, 0) is 31.4 Å². The molecule has 0 saturated carbocycles. The van der Waals surface area contributed by atoms with Crippen LogP contribution in [0.3, 0.4) is 0 Å². The molecule has 1 amide bonds. The molecule has 0 aromatic heterocycles. The summed E-state index contributed by atoms with van der Waals surface area (Å²) < 4.78 is 0. The summed E-state index contributed by atoms with van der Waals surface area (Å²) in [7, 11) is 0. The van der Waals surface area contributed by atoms with Gasteiger partial charge in [0.15, 0.2) is 5.84 Å². The summed E-state index contributed by atoms with van der Waals surface area (Å²) in [5.41, 5.74) is 6.42. The minimum atomic E-state index is -1.02. The maximum atomic E-state index is 12.4. The van der Waals surface area contributed by atoms with Gasteiger partial charge in [-0.1, -0.05) is 37.2 Å². The van der Waals surface area contributed by atoms with Crippen molar-refractivity contribution in [1.29, 1.82) is 0 Å². The molecular formula is C14H21N3O2. The van der Waals surface area contributed by atoms with E-state index in [0.29, 0.717) is 6.42 Å². The molecule has 5 nitrogen and oxygen atoms in total. The fourth-order valence-corrected chi connectivity index (χ4v) is 1.78. The zero-order valence-electron chi connectivity index (χ0n) is 11.6. The normalized spacial score (nSPS) is 14.8. The highest BCUT2D eigenvalue weighted by molar-refractivity contribution is 6.11. The van der Waals surface area contributed by atoms with Crippen LogP contribution >= 0.6 is 0 Å². The first-order valence-electron chi connectivity index (χ1n) is 6.37. The Balaban J connectivity index is 3.01. The first kappa shape index (κ1) is 15.0. The number of carbonyl (C=O) groups is 1. The number of carbonyl (C=O) groups excluding carboxylic acids is 1. The van der Waals surface area contributed by atoms with Crippen LogP contribution in [-0.2, 0) is 11.2 Å². The van der Waals surface area contributed by atoms with E-state index in [9.17, 15) is 4.79 Å². The number of nitrogens with two attached hydrogens (primary N) is 1. The van der Waals surface area contributed by atoms with Crippen molar-refractivity contribution < 1.29 is 10.0 Å². The number of amides is 1. The number of benzene rings is 1. The molecule has 1 aromatic rings. The summed E-state index contributed by atoms with van der Waals surface area (Å²) in [6.45, 7) is 5.50. The van der Waals surface area contributed by atoms with Crippen LogP contribution in [0.15, 0.2) is 29.4 Å². The Hall–Kier alpha value is -2.04. The van der Waals surface area contributed by atoms with Crippen LogP contribution in [0.4, 0.5) is 5.69 Å². The number of rotatable bonds is 5. The summed E-state index contributed by atoms with van der Waals surface area (Å²) >= 11 is 0. The van der Waals surface area contributed by atoms with Crippen LogP contribution in [-0.4, -0.2) is 17.0 Å². The van der Waals surface area contributed by atoms with Gasteiger partial charge in [0.05, 0.1) is 0 Å². The van der Waals surface area contributed by atoms with Gasteiger partial charge in [-0.25, -0.2) is 0 Å². The number of hydrogen-bond donors (Lipinski definition) is 3. The summed E-state index contributed by atoms with van der Waals surface area (Å²) in [6.07, 6.45) is 1.27. The largest absolute Gasteiger partial charge is 0.409 e. The highest BCUT2D eigenvalue weighted by Gasteiger charge is 2.36. The summed E-state index contributed by atoms with van der Waals surface area (Å²) in [5, 5.41) is 14.6. The van der Waals surface area contributed by atoms with Crippen molar-refractivity contribution >= 4 is 17.4 Å². The van der Waals surface area contributed by atoms with Crippen LogP contribution in [0, 0.1) is 5.41 Å². The van der Waals surface area contributed by atoms with Crippen molar-refractivity contribution in [2.45, 2.75) is 33.6 Å². The van der Waals surface area contributed by atoms with E-state index in [2.05, 4.69) is 10.5 Å². The Labute approximate surface area is 113 Å². The molecule has 4 N–H and O–H groups in total. The van der Waals surface area contributed by atoms with Gasteiger partial charge < -0.3 is 16.3 Å². The van der Waals surface area contributed by atoms with Gasteiger partial charge >= 0.3 is 0 Å². The van der Waals surface area contributed by atoms with Gasteiger partial charge in [0.1, 0.15) is 5.41 Å². The Bertz CT molecular complexity index is 485. The fraction of sp³-hybridized carbons (Fsp3) is 0.429. The molecule has 1 unspecified atom stereocenters. The number of oxime groups is 1. The molecule has 0 heterocycles. The molecule has 0 aliphatic rings. The summed E-state index contributed by atoms with van der Waals surface area (Å²) in [5.74, 6) is -0.354. The van der Waals surface area contributed by atoms with Crippen molar-refractivity contribution in [3.05, 3.63) is 29.8 Å². The van der Waals surface area contributed by atoms with E-state index in [0.717, 1.165) is 17.7 Å². The van der Waals surface area contributed by atoms with E-state index in [1.165, 1.54) is 0 Å². The second-order valence-electron chi connectivity index (χ2n) is 4.64. The topological polar surface area (TPSA) is 87.7 Å². The SMILES string of the molecule is CCc1ccccc1NC(=O)C(C)(CC)/C(N)=N/O. The molecular weight excluding hydrogens is 242 g/mol. The molecule has 0 aliphatic carbocycles. The Morgan fingerprint density at radius 3 is 2.58 bits per heavy atom. The van der Waals surface area contributed by atoms with Gasteiger partial charge in [0, 0.05) is 5.69 Å². The van der Waals surface area contributed by atoms with Gasteiger partial charge in [-0.2, -0.15) is 0 Å². The molecule has 1 rings (SSSR count). The van der Waals surface area contributed by atoms with Crippen LogP contribution < -0.4 is 11.1 Å². The van der Waals surface area contributed by atoms with Gasteiger partial charge in [-0.15, -0.1) is 0 Å². The van der Waals surface area contributed by atoms with Crippen molar-refractivity contribution in [1.82, 2.24) is 0 Å². The highest BCUT2D eigenvalue weighted by Crippen LogP contribution is 2.25. The van der Waals surface area contributed by atoms with Crippen LogP contribution in [0.25, 0.3) is 0 Å². The number of nitrogens with zero attached hydrogens (tertiary/aromatic N) is 1. The average Bonchev–Trinajstić information content (AvgIpc) is 2.45. The number of aryl methyl sites for hydroxylation is 1. The maximum absolute atomic E-state index is 12.4. The number of nitrogens with one attached hydrogen (secondary N) is 1. The van der Waals surface area contributed by atoms with Crippen molar-refractivity contribution in [3.8, 4) is 0 Å². The second-order valence-corrected chi connectivity index (χ2v) is 4.64. The zero-order valence-corrected chi connectivity index (χ0v) is 11.6. The minimum absolute atomic E-state index is 0.0820. The molecule has 1 aromatic carbocycles. The predicted molar refractivity (Wildman–Crippen MR) is 76.3 cm³/mol. The Kier molecular flexibility index (Phi) is 4.92. The molecule has 5 heteroatoms. The maximum Gasteiger partial charge on any atom is 0.238 e. The Morgan fingerprint density at radius 2 is 2.05 bits per heavy atom. The molecule has 1 atom stereocenters. The lowest BCUT2D eigenvalue weighted by Gasteiger charge is -2.25. The smallest absolute Gasteiger partial charge is 0.238 e. The Morgan fingerprint density at radius 1 is 1.42 bits per heavy atom. The fourth-order valence-electron chi connectivity index (χ4n) is 1.78. The van der Waals surface area contributed by atoms with Crippen molar-refractivity contribution in [2.75, 3.05) is 5.32 Å². The molecule has 0 radical (unpaired) electrons. The minimum Gasteiger partial charge on any atom is -0.409 e. The molecule has 0 fully saturated rings. The van der Waals surface area contributed by atoms with Gasteiger partial charge in [0.2, 0.25) is 5.91 Å². The average molecular weight is 263 g/mol. The number of hydrogen-bond acceptors (Lipinski definition) is 3. The number of amidine groups is 1. The first-order valence-corrected chi connectivity index (χ1v) is 6.37.